The van der Waals surface area contributed by atoms with Gasteiger partial charge in [-0.3, -0.25) is 0 Å². The van der Waals surface area contributed by atoms with Crippen molar-refractivity contribution in [1.82, 2.24) is 0 Å². The zero-order chi connectivity index (χ0) is 45.7. The first kappa shape index (κ1) is 41.7. The molecule has 0 atom stereocenters. The highest BCUT2D eigenvalue weighted by Crippen LogP contribution is 2.52. The summed E-state index contributed by atoms with van der Waals surface area (Å²) in [6, 6.07) is 55.9. The van der Waals surface area contributed by atoms with Crippen molar-refractivity contribution in [2.24, 2.45) is 0 Å². The van der Waals surface area contributed by atoms with Crippen molar-refractivity contribution in [3.8, 4) is 55.6 Å². The first-order valence-corrected chi connectivity index (χ1v) is 23.8. The molecule has 322 valence electrons. The van der Waals surface area contributed by atoms with E-state index in [1.54, 1.807) is 0 Å². The van der Waals surface area contributed by atoms with Gasteiger partial charge in [0.25, 0.3) is 0 Å². The maximum absolute atomic E-state index is 4.55. The molecule has 3 aliphatic rings. The number of hydrogen-bond acceptors (Lipinski definition) is 0. The molecule has 0 nitrogen and oxygen atoms in total. The first-order valence-electron chi connectivity index (χ1n) is 23.8. The number of aryl methyl sites for hydroxylation is 1. The lowest BCUT2D eigenvalue weighted by Crippen LogP contribution is -2.20. The second-order valence-electron chi connectivity index (χ2n) is 20.5. The summed E-state index contributed by atoms with van der Waals surface area (Å²) in [7, 11) is 0. The van der Waals surface area contributed by atoms with E-state index in [2.05, 4.69) is 244 Å². The smallest absolute Gasteiger partial charge is 0.0159 e. The molecular weight excluding hydrogens is 793 g/mol. The highest BCUT2D eigenvalue weighted by molar-refractivity contribution is 6.22. The van der Waals surface area contributed by atoms with Gasteiger partial charge in [-0.25, -0.2) is 0 Å². The van der Waals surface area contributed by atoms with Crippen LogP contribution in [0.5, 0.6) is 0 Å². The summed E-state index contributed by atoms with van der Waals surface area (Å²) < 4.78 is 0. The van der Waals surface area contributed by atoms with Crippen LogP contribution >= 0.6 is 0 Å². The Kier molecular flexibility index (Phi) is 9.65. The van der Waals surface area contributed by atoms with Crippen LogP contribution in [0.25, 0.3) is 82.8 Å². The van der Waals surface area contributed by atoms with E-state index in [-0.39, 0.29) is 16.2 Å². The van der Waals surface area contributed by atoms with Crippen LogP contribution < -0.4 is 0 Å². The van der Waals surface area contributed by atoms with Gasteiger partial charge >= 0.3 is 0 Å². The minimum Gasteiger partial charge on any atom is -0.0950 e. The fraction of sp³-hybridized carbons (Fsp3) is 0.182. The molecule has 0 aliphatic heterocycles. The van der Waals surface area contributed by atoms with E-state index in [4.69, 9.17) is 0 Å². The number of hydrogen-bond donors (Lipinski definition) is 0. The van der Waals surface area contributed by atoms with Gasteiger partial charge in [-0.2, -0.15) is 0 Å². The SMILES string of the molecule is C=C(/C=C\C)C(C)(C)c1cc(-c2c3ccccc3c(-c3ccc(-c4ccc5c(c4)C(C)(C)C4=C5C=CC=CC4)cc3)c3ccc(-c4ccc5c(c4)C(C)(C)c4ccccc4-5)cc23)ccc1C. The zero-order valence-corrected chi connectivity index (χ0v) is 39.7. The van der Waals surface area contributed by atoms with Crippen LogP contribution in [0.2, 0.25) is 0 Å². The molecule has 0 N–H and O–H groups in total. The molecule has 3 aliphatic carbocycles. The van der Waals surface area contributed by atoms with E-state index in [0.29, 0.717) is 0 Å². The Labute approximate surface area is 392 Å². The van der Waals surface area contributed by atoms with Crippen molar-refractivity contribution >= 4 is 27.1 Å². The summed E-state index contributed by atoms with van der Waals surface area (Å²) in [5.41, 5.74) is 24.4. The van der Waals surface area contributed by atoms with Crippen LogP contribution in [0.15, 0.2) is 200 Å². The summed E-state index contributed by atoms with van der Waals surface area (Å²) >= 11 is 0. The second kappa shape index (κ2) is 15.3. The average Bonchev–Trinajstić information content (AvgIpc) is 3.50. The molecule has 0 heteroatoms. The van der Waals surface area contributed by atoms with Crippen LogP contribution in [0.4, 0.5) is 0 Å². The van der Waals surface area contributed by atoms with Gasteiger partial charge in [-0.05, 0) is 172 Å². The maximum Gasteiger partial charge on any atom is 0.0159 e. The van der Waals surface area contributed by atoms with E-state index in [0.717, 1.165) is 12.0 Å². The Morgan fingerprint density at radius 3 is 1.83 bits per heavy atom. The summed E-state index contributed by atoms with van der Waals surface area (Å²) in [6.07, 6.45) is 14.2. The second-order valence-corrected chi connectivity index (χ2v) is 20.5. The van der Waals surface area contributed by atoms with Gasteiger partial charge in [-0.1, -0.05) is 206 Å². The molecule has 0 saturated heterocycles. The van der Waals surface area contributed by atoms with E-state index < -0.39 is 0 Å². The molecule has 0 aromatic heterocycles. The molecule has 8 aromatic carbocycles. The number of fused-ring (bicyclic) bond motifs is 7. The van der Waals surface area contributed by atoms with Crippen molar-refractivity contribution in [2.45, 2.75) is 78.1 Å². The first-order chi connectivity index (χ1) is 31.8. The quantitative estimate of drug-likeness (QED) is 0.111. The fourth-order valence-electron chi connectivity index (χ4n) is 11.8. The fourth-order valence-corrected chi connectivity index (χ4v) is 11.8. The third-order valence-electron chi connectivity index (χ3n) is 15.7. The molecule has 0 spiro atoms. The molecule has 0 saturated carbocycles. The van der Waals surface area contributed by atoms with Gasteiger partial charge in [0, 0.05) is 16.2 Å². The summed E-state index contributed by atoms with van der Waals surface area (Å²) in [4.78, 5) is 0. The lowest BCUT2D eigenvalue weighted by atomic mass is 9.75. The molecule has 8 aromatic rings. The number of benzene rings is 8. The molecule has 0 bridgehead atoms. The van der Waals surface area contributed by atoms with Crippen molar-refractivity contribution in [1.29, 1.82) is 0 Å². The summed E-state index contributed by atoms with van der Waals surface area (Å²) in [5, 5.41) is 5.02. The zero-order valence-electron chi connectivity index (χ0n) is 39.7. The number of allylic oxidation sites excluding steroid dienone is 9. The molecular formula is C66H58. The van der Waals surface area contributed by atoms with Crippen LogP contribution in [0, 0.1) is 6.92 Å². The topological polar surface area (TPSA) is 0 Å². The van der Waals surface area contributed by atoms with Gasteiger partial charge < -0.3 is 0 Å². The molecule has 0 amide bonds. The average molecular weight is 851 g/mol. The Morgan fingerprint density at radius 2 is 1.09 bits per heavy atom. The van der Waals surface area contributed by atoms with E-state index in [1.165, 1.54) is 122 Å². The Bertz CT molecular complexity index is 3480. The predicted molar refractivity (Wildman–Crippen MR) is 285 cm³/mol. The molecule has 11 rings (SSSR count). The van der Waals surface area contributed by atoms with E-state index >= 15 is 0 Å². The molecule has 0 heterocycles. The normalized spacial score (nSPS) is 15.6. The largest absolute Gasteiger partial charge is 0.0950 e. The maximum atomic E-state index is 4.55. The molecule has 0 unspecified atom stereocenters. The monoisotopic (exact) mass is 850 g/mol. The van der Waals surface area contributed by atoms with Gasteiger partial charge in [0.05, 0.1) is 0 Å². The Balaban J connectivity index is 1.10. The minimum atomic E-state index is -0.252. The van der Waals surface area contributed by atoms with Crippen molar-refractivity contribution in [2.75, 3.05) is 0 Å². The molecule has 66 heavy (non-hydrogen) atoms. The molecule has 0 radical (unpaired) electrons. The molecule has 0 fully saturated rings. The van der Waals surface area contributed by atoms with Crippen molar-refractivity contribution in [3.05, 3.63) is 233 Å². The highest BCUT2D eigenvalue weighted by atomic mass is 14.4. The van der Waals surface area contributed by atoms with Crippen molar-refractivity contribution in [3.63, 3.8) is 0 Å². The van der Waals surface area contributed by atoms with Crippen LogP contribution in [0.3, 0.4) is 0 Å². The van der Waals surface area contributed by atoms with Gasteiger partial charge in [0.15, 0.2) is 0 Å². The summed E-state index contributed by atoms with van der Waals surface area (Å²) in [5.74, 6) is 0. The van der Waals surface area contributed by atoms with Crippen LogP contribution in [-0.4, -0.2) is 0 Å². The standard InChI is InChI=1S/C66H58/c1-10-18-42(3)64(4,5)59-40-48(26-25-41(59)2)63-54-22-15-14-21-53(54)62(44-29-27-43(28-30-44)46-31-34-51-49-19-12-11-13-23-57(49)65(6,7)60(51)38-46)55-36-33-45(37-56(55)63)47-32-35-52-50-20-16-17-24-58(50)66(8,9)61(52)39-47/h10-22,24-40H,3,23H2,1-2,4-9H3/b18-10-. The highest BCUT2D eigenvalue weighted by Gasteiger charge is 2.37. The predicted octanol–water partition coefficient (Wildman–Crippen LogP) is 18.2. The third-order valence-corrected chi connectivity index (χ3v) is 15.7. The number of rotatable bonds is 7. The summed E-state index contributed by atoms with van der Waals surface area (Å²) in [6.45, 7) is 23.0. The van der Waals surface area contributed by atoms with Crippen molar-refractivity contribution < 1.29 is 0 Å². The van der Waals surface area contributed by atoms with Crippen LogP contribution in [-0.2, 0) is 16.2 Å². The van der Waals surface area contributed by atoms with Gasteiger partial charge in [-0.15, -0.1) is 0 Å². The minimum absolute atomic E-state index is 0.0203. The van der Waals surface area contributed by atoms with Gasteiger partial charge in [0.1, 0.15) is 0 Å². The Hall–Kier alpha value is -7.02. The van der Waals surface area contributed by atoms with Crippen LogP contribution in [0.1, 0.15) is 88.3 Å². The van der Waals surface area contributed by atoms with E-state index in [9.17, 15) is 0 Å². The third kappa shape index (κ3) is 6.33. The lowest BCUT2D eigenvalue weighted by Gasteiger charge is -2.29. The van der Waals surface area contributed by atoms with Gasteiger partial charge in [0.2, 0.25) is 0 Å². The van der Waals surface area contributed by atoms with E-state index in [1.807, 2.05) is 0 Å². The lowest BCUT2D eigenvalue weighted by molar-refractivity contribution is 0.626. The Morgan fingerprint density at radius 1 is 0.530 bits per heavy atom.